The van der Waals surface area contributed by atoms with Gasteiger partial charge in [-0.1, -0.05) is 60.7 Å². The van der Waals surface area contributed by atoms with Gasteiger partial charge in [-0.05, 0) is 13.0 Å². The molecule has 9 heteroatoms. The molecule has 5 rings (SSSR count). The molecule has 8 nitrogen and oxygen atoms in total. The first-order valence-corrected chi connectivity index (χ1v) is 11.4. The number of benzene rings is 2. The Bertz CT molecular complexity index is 1460. The Balaban J connectivity index is 1.29. The molecule has 3 aromatic heterocycles. The van der Waals surface area contributed by atoms with Crippen LogP contribution in [0.25, 0.3) is 28.2 Å². The van der Waals surface area contributed by atoms with Crippen molar-refractivity contribution in [2.45, 2.75) is 13.0 Å². The lowest BCUT2D eigenvalue weighted by Crippen LogP contribution is -2.30. The van der Waals surface area contributed by atoms with E-state index in [1.165, 1.54) is 24.5 Å². The molecule has 34 heavy (non-hydrogen) atoms. The van der Waals surface area contributed by atoms with Gasteiger partial charge in [0.05, 0.1) is 17.6 Å². The highest BCUT2D eigenvalue weighted by atomic mass is 32.1. The summed E-state index contributed by atoms with van der Waals surface area (Å²) in [5.41, 5.74) is 3.97. The Morgan fingerprint density at radius 1 is 1.00 bits per heavy atom. The molecule has 0 aliphatic carbocycles. The number of rotatable bonds is 6. The summed E-state index contributed by atoms with van der Waals surface area (Å²) in [7, 11) is 0. The van der Waals surface area contributed by atoms with Crippen LogP contribution in [0.1, 0.15) is 17.3 Å². The molecule has 1 amide bonds. The molecule has 2 aromatic carbocycles. The number of fused-ring (bicyclic) bond motifs is 1. The van der Waals surface area contributed by atoms with Gasteiger partial charge in [0, 0.05) is 22.7 Å². The molecule has 1 atom stereocenters. The highest BCUT2D eigenvalue weighted by Crippen LogP contribution is 2.25. The fourth-order valence-corrected chi connectivity index (χ4v) is 4.14. The topological polar surface area (TPSA) is 98.5 Å². The number of nitrogens with one attached hydrogen (secondary N) is 1. The Hall–Kier alpha value is -4.37. The van der Waals surface area contributed by atoms with Crippen molar-refractivity contribution >= 4 is 34.0 Å². The van der Waals surface area contributed by atoms with Crippen LogP contribution in [0.2, 0.25) is 0 Å². The van der Waals surface area contributed by atoms with Crippen LogP contribution >= 0.6 is 11.3 Å². The smallest absolute Gasteiger partial charge is 0.344 e. The maximum atomic E-state index is 12.8. The van der Waals surface area contributed by atoms with Gasteiger partial charge < -0.3 is 4.74 Å². The lowest BCUT2D eigenvalue weighted by molar-refractivity contribution is -0.123. The van der Waals surface area contributed by atoms with Gasteiger partial charge in [0.15, 0.2) is 16.9 Å². The molecular formula is C25H19N5O3S. The molecule has 0 fully saturated rings. The van der Waals surface area contributed by atoms with E-state index in [-0.39, 0.29) is 5.56 Å². The van der Waals surface area contributed by atoms with E-state index < -0.39 is 18.0 Å². The number of ether oxygens (including phenoxy) is 1. The van der Waals surface area contributed by atoms with Gasteiger partial charge in [0.2, 0.25) is 0 Å². The van der Waals surface area contributed by atoms with Gasteiger partial charge in [-0.3, -0.25) is 10.1 Å². The number of aromatic nitrogens is 4. The third-order valence-corrected chi connectivity index (χ3v) is 5.91. The third kappa shape index (κ3) is 4.28. The first-order chi connectivity index (χ1) is 16.6. The van der Waals surface area contributed by atoms with E-state index in [1.807, 2.05) is 72.1 Å². The number of anilines is 1. The molecule has 168 valence electrons. The molecule has 3 heterocycles. The number of carbonyl (C=O) groups is 2. The van der Waals surface area contributed by atoms with E-state index in [4.69, 9.17) is 4.74 Å². The number of thiazole rings is 1. The summed E-state index contributed by atoms with van der Waals surface area (Å²) < 4.78 is 6.99. The van der Waals surface area contributed by atoms with Crippen molar-refractivity contribution < 1.29 is 14.3 Å². The van der Waals surface area contributed by atoms with Crippen molar-refractivity contribution in [3.8, 4) is 22.5 Å². The molecular weight excluding hydrogens is 450 g/mol. The van der Waals surface area contributed by atoms with Crippen LogP contribution in [0.3, 0.4) is 0 Å². The number of carbonyl (C=O) groups excluding carboxylic acids is 2. The largest absolute Gasteiger partial charge is 0.449 e. The van der Waals surface area contributed by atoms with Crippen LogP contribution in [0.4, 0.5) is 5.13 Å². The second-order valence-corrected chi connectivity index (χ2v) is 8.29. The molecule has 0 aliphatic rings. The number of hydrogen-bond donors (Lipinski definition) is 1. The summed E-state index contributed by atoms with van der Waals surface area (Å²) in [5.74, 6) is -1.16. The van der Waals surface area contributed by atoms with Crippen LogP contribution in [0.5, 0.6) is 0 Å². The quantitative estimate of drug-likeness (QED) is 0.362. The SMILES string of the molecule is CC(OC(=O)c1cnn2c(-c3ccccc3)ccnc12)C(=O)Nc1nc(-c2ccccc2)cs1. The van der Waals surface area contributed by atoms with Crippen LogP contribution in [-0.4, -0.2) is 37.6 Å². The summed E-state index contributed by atoms with van der Waals surface area (Å²) in [5, 5.41) is 9.30. The summed E-state index contributed by atoms with van der Waals surface area (Å²) in [6.07, 6.45) is 1.97. The Kier molecular flexibility index (Phi) is 5.84. The van der Waals surface area contributed by atoms with E-state index in [9.17, 15) is 9.59 Å². The van der Waals surface area contributed by atoms with E-state index in [2.05, 4.69) is 20.4 Å². The van der Waals surface area contributed by atoms with Gasteiger partial charge in [-0.2, -0.15) is 5.10 Å². The zero-order valence-electron chi connectivity index (χ0n) is 18.1. The fourth-order valence-electron chi connectivity index (χ4n) is 3.42. The molecule has 0 saturated heterocycles. The third-order valence-electron chi connectivity index (χ3n) is 5.15. The van der Waals surface area contributed by atoms with Crippen LogP contribution in [0, 0.1) is 0 Å². The lowest BCUT2D eigenvalue weighted by atomic mass is 10.1. The van der Waals surface area contributed by atoms with E-state index in [0.717, 1.165) is 22.5 Å². The van der Waals surface area contributed by atoms with Crippen LogP contribution in [-0.2, 0) is 9.53 Å². The first kappa shape index (κ1) is 21.5. The summed E-state index contributed by atoms with van der Waals surface area (Å²) in [4.78, 5) is 34.1. The number of esters is 1. The minimum absolute atomic E-state index is 0.179. The van der Waals surface area contributed by atoms with Gasteiger partial charge in [0.25, 0.3) is 5.91 Å². The van der Waals surface area contributed by atoms with E-state index in [1.54, 1.807) is 10.7 Å². The highest BCUT2D eigenvalue weighted by molar-refractivity contribution is 7.14. The predicted octanol–water partition coefficient (Wildman–Crippen LogP) is 4.70. The zero-order valence-corrected chi connectivity index (χ0v) is 18.9. The van der Waals surface area contributed by atoms with Crippen molar-refractivity contribution in [2.24, 2.45) is 0 Å². The normalized spacial score (nSPS) is 11.8. The monoisotopic (exact) mass is 469 g/mol. The molecule has 0 bridgehead atoms. The summed E-state index contributed by atoms with van der Waals surface area (Å²) in [6.45, 7) is 1.51. The first-order valence-electron chi connectivity index (χ1n) is 10.5. The summed E-state index contributed by atoms with van der Waals surface area (Å²) in [6, 6.07) is 21.1. The minimum Gasteiger partial charge on any atom is -0.449 e. The molecule has 1 N–H and O–H groups in total. The average Bonchev–Trinajstić information content (AvgIpc) is 3.52. The minimum atomic E-state index is -1.04. The lowest BCUT2D eigenvalue weighted by Gasteiger charge is -2.11. The molecule has 0 spiro atoms. The van der Waals surface area contributed by atoms with Crippen molar-refractivity contribution in [3.05, 3.63) is 90.1 Å². The number of hydrogen-bond acceptors (Lipinski definition) is 7. The Morgan fingerprint density at radius 2 is 1.71 bits per heavy atom. The Labute approximate surface area is 198 Å². The highest BCUT2D eigenvalue weighted by Gasteiger charge is 2.23. The van der Waals surface area contributed by atoms with Gasteiger partial charge in [0.1, 0.15) is 5.56 Å². The van der Waals surface area contributed by atoms with Crippen LogP contribution < -0.4 is 5.32 Å². The maximum absolute atomic E-state index is 12.8. The zero-order chi connectivity index (χ0) is 23.5. The van der Waals surface area contributed by atoms with Crippen molar-refractivity contribution in [3.63, 3.8) is 0 Å². The number of nitrogens with zero attached hydrogens (tertiary/aromatic N) is 4. The number of amides is 1. The van der Waals surface area contributed by atoms with Crippen molar-refractivity contribution in [1.82, 2.24) is 19.6 Å². The molecule has 5 aromatic rings. The van der Waals surface area contributed by atoms with Crippen molar-refractivity contribution in [2.75, 3.05) is 5.32 Å². The van der Waals surface area contributed by atoms with E-state index >= 15 is 0 Å². The predicted molar refractivity (Wildman–Crippen MR) is 129 cm³/mol. The van der Waals surface area contributed by atoms with Gasteiger partial charge in [-0.25, -0.2) is 19.3 Å². The fraction of sp³-hybridized carbons (Fsp3) is 0.0800. The standard InChI is InChI=1S/C25H19N5O3S/c1-16(23(31)29-25-28-20(15-34-25)17-8-4-2-5-9-17)33-24(32)19-14-27-30-21(12-13-26-22(19)30)18-10-6-3-7-11-18/h2-16H,1H3,(H,28,29,31). The molecule has 0 saturated carbocycles. The second kappa shape index (κ2) is 9.24. The maximum Gasteiger partial charge on any atom is 0.344 e. The molecule has 1 unspecified atom stereocenters. The van der Waals surface area contributed by atoms with Crippen LogP contribution in [0.15, 0.2) is 84.5 Å². The van der Waals surface area contributed by atoms with E-state index in [0.29, 0.717) is 10.8 Å². The van der Waals surface area contributed by atoms with Crippen molar-refractivity contribution in [1.29, 1.82) is 0 Å². The second-order valence-electron chi connectivity index (χ2n) is 7.43. The average molecular weight is 470 g/mol. The summed E-state index contributed by atoms with van der Waals surface area (Å²) >= 11 is 1.30. The molecule has 0 radical (unpaired) electrons. The van der Waals surface area contributed by atoms with Gasteiger partial charge >= 0.3 is 5.97 Å². The Morgan fingerprint density at radius 3 is 2.44 bits per heavy atom. The van der Waals surface area contributed by atoms with Gasteiger partial charge in [-0.15, -0.1) is 11.3 Å². The molecule has 0 aliphatic heterocycles.